The smallest absolute Gasteiger partial charge is 0.293 e. The maximum atomic E-state index is 10.3. The third kappa shape index (κ3) is 1.70. The predicted molar refractivity (Wildman–Crippen MR) is 75.4 cm³/mol. The van der Waals surface area contributed by atoms with E-state index in [0.29, 0.717) is 6.47 Å². The molecule has 2 aromatic rings. The van der Waals surface area contributed by atoms with Crippen LogP contribution in [0.25, 0.3) is 16.8 Å². The molecule has 0 spiro atoms. The zero-order valence-corrected chi connectivity index (χ0v) is 10.6. The predicted octanol–water partition coefficient (Wildman–Crippen LogP) is 2.60. The number of hydrogen-bond acceptors (Lipinski definition) is 3. The molecule has 0 bridgehead atoms. The summed E-state index contributed by atoms with van der Waals surface area (Å²) in [5, 5.41) is 8.63. The molecule has 0 radical (unpaired) electrons. The zero-order chi connectivity index (χ0) is 12.5. The van der Waals surface area contributed by atoms with E-state index in [-0.39, 0.29) is 6.61 Å². The number of nitrogens with two attached hydrogens (primary N) is 1. The molecule has 4 heteroatoms. The minimum atomic E-state index is -0.852. The van der Waals surface area contributed by atoms with Gasteiger partial charge in [0, 0.05) is 9.80 Å². The summed E-state index contributed by atoms with van der Waals surface area (Å²) < 4.78 is 4.82. The molecule has 3 nitrogen and oxygen atoms in total. The van der Waals surface area contributed by atoms with Crippen molar-refractivity contribution < 1.29 is 9.53 Å². The Morgan fingerprint density at radius 1 is 1.22 bits per heavy atom. The Hall–Kier alpha value is -1.78. The lowest BCUT2D eigenvalue weighted by Gasteiger charge is -2.15. The van der Waals surface area contributed by atoms with Crippen molar-refractivity contribution in [3.05, 3.63) is 46.9 Å². The van der Waals surface area contributed by atoms with E-state index in [9.17, 15) is 4.79 Å². The molecule has 3 rings (SSSR count). The highest BCUT2D eigenvalue weighted by molar-refractivity contribution is 8.19. The molecular formula is C14H13NO2S. The van der Waals surface area contributed by atoms with Gasteiger partial charge in [-0.15, -0.1) is 11.1 Å². The van der Waals surface area contributed by atoms with Gasteiger partial charge in [0.25, 0.3) is 6.47 Å². The number of carbonyl (C=O) groups excluding carboxylic acids is 1. The Balaban J connectivity index is 2.12. The molecule has 1 aliphatic rings. The Kier molecular flexibility index (Phi) is 2.81. The van der Waals surface area contributed by atoms with E-state index >= 15 is 0 Å². The van der Waals surface area contributed by atoms with Crippen molar-refractivity contribution in [1.82, 2.24) is 0 Å². The highest BCUT2D eigenvalue weighted by Gasteiger charge is 2.20. The van der Waals surface area contributed by atoms with E-state index in [0.717, 1.165) is 9.80 Å². The van der Waals surface area contributed by atoms with Gasteiger partial charge in [-0.2, -0.15) is 0 Å². The van der Waals surface area contributed by atoms with E-state index in [1.54, 1.807) is 0 Å². The monoisotopic (exact) mass is 259 g/mol. The normalized spacial score (nSPS) is 19.4. The second kappa shape index (κ2) is 4.48. The number of fused-ring (bicyclic) bond motifs is 3. The molecular weight excluding hydrogens is 246 g/mol. The molecule has 2 N–H and O–H groups in total. The van der Waals surface area contributed by atoms with Crippen LogP contribution in [0, 0.1) is 0 Å². The Morgan fingerprint density at radius 2 is 2.06 bits per heavy atom. The number of hydrogen-bond donors (Lipinski definition) is 2. The molecule has 1 atom stereocenters. The van der Waals surface area contributed by atoms with Crippen LogP contribution in [0.4, 0.5) is 0 Å². The van der Waals surface area contributed by atoms with Crippen LogP contribution in [0.1, 0.15) is 5.56 Å². The van der Waals surface area contributed by atoms with E-state index in [1.807, 2.05) is 12.1 Å². The summed E-state index contributed by atoms with van der Waals surface area (Å²) in [6.07, 6.45) is 2.06. The summed E-state index contributed by atoms with van der Waals surface area (Å²) in [6, 6.07) is 12.4. The molecule has 18 heavy (non-hydrogen) atoms. The number of ether oxygens (including phenoxy) is 1. The first-order chi connectivity index (χ1) is 8.81. The van der Waals surface area contributed by atoms with Crippen LogP contribution in [0.5, 0.6) is 0 Å². The first-order valence-electron chi connectivity index (χ1n) is 5.63. The molecule has 1 heterocycles. The molecule has 2 aromatic carbocycles. The molecule has 0 aromatic heterocycles. The summed E-state index contributed by atoms with van der Waals surface area (Å²) in [6.45, 7) is 0.750. The maximum absolute atomic E-state index is 10.3. The molecule has 0 amide bonds. The molecule has 0 fully saturated rings. The highest BCUT2D eigenvalue weighted by atomic mass is 32.2. The number of thiol groups is 1. The van der Waals surface area contributed by atoms with Gasteiger partial charge >= 0.3 is 0 Å². The topological polar surface area (TPSA) is 52.3 Å². The van der Waals surface area contributed by atoms with Gasteiger partial charge in [-0.25, -0.2) is 0 Å². The molecule has 1 aliphatic heterocycles. The van der Waals surface area contributed by atoms with Gasteiger partial charge in [-0.1, -0.05) is 30.3 Å². The Labute approximate surface area is 108 Å². The fourth-order valence-electron chi connectivity index (χ4n) is 2.27. The minimum Gasteiger partial charge on any atom is -0.462 e. The molecule has 0 aliphatic carbocycles. The van der Waals surface area contributed by atoms with E-state index < -0.39 is 11.1 Å². The molecule has 92 valence electrons. The second-order valence-electron chi connectivity index (χ2n) is 4.13. The third-order valence-corrected chi connectivity index (χ3v) is 4.91. The molecule has 1 unspecified atom stereocenters. The van der Waals surface area contributed by atoms with Crippen LogP contribution in [-0.4, -0.2) is 13.1 Å². The van der Waals surface area contributed by atoms with E-state index in [1.165, 1.54) is 16.3 Å². The minimum absolute atomic E-state index is 0.286. The number of rotatable bonds is 3. The van der Waals surface area contributed by atoms with Crippen LogP contribution >= 0.6 is 11.1 Å². The second-order valence-corrected chi connectivity index (χ2v) is 5.93. The SMILES string of the molecule is N[SH]1C(COC=O)=Cc2c1ccc1ccccc21. The summed E-state index contributed by atoms with van der Waals surface area (Å²) >= 11 is -0.852. The average molecular weight is 259 g/mol. The lowest BCUT2D eigenvalue weighted by atomic mass is 10.0. The summed E-state index contributed by atoms with van der Waals surface area (Å²) in [7, 11) is 0. The highest BCUT2D eigenvalue weighted by Crippen LogP contribution is 2.48. The summed E-state index contributed by atoms with van der Waals surface area (Å²) in [4.78, 5) is 12.4. The maximum Gasteiger partial charge on any atom is 0.293 e. The molecule has 0 saturated carbocycles. The zero-order valence-electron chi connectivity index (χ0n) is 9.67. The summed E-state index contributed by atoms with van der Waals surface area (Å²) in [5.74, 6) is 0. The van der Waals surface area contributed by atoms with Crippen LogP contribution in [-0.2, 0) is 9.53 Å². The van der Waals surface area contributed by atoms with E-state index in [4.69, 9.17) is 9.88 Å². The Morgan fingerprint density at radius 3 is 2.89 bits per heavy atom. The van der Waals surface area contributed by atoms with Crippen LogP contribution in [0.3, 0.4) is 0 Å². The van der Waals surface area contributed by atoms with Gasteiger partial charge in [0.1, 0.15) is 6.61 Å². The van der Waals surface area contributed by atoms with Gasteiger partial charge in [0.05, 0.1) is 0 Å². The average Bonchev–Trinajstić information content (AvgIpc) is 2.74. The number of carbonyl (C=O) groups is 1. The largest absolute Gasteiger partial charge is 0.462 e. The first kappa shape index (κ1) is 11.3. The lowest BCUT2D eigenvalue weighted by molar-refractivity contribution is -0.127. The van der Waals surface area contributed by atoms with Crippen molar-refractivity contribution in [1.29, 1.82) is 0 Å². The lowest BCUT2D eigenvalue weighted by Crippen LogP contribution is -2.00. The summed E-state index contributed by atoms with van der Waals surface area (Å²) in [5.41, 5.74) is 1.17. The fraction of sp³-hybridized carbons (Fsp3) is 0.0714. The Bertz CT molecular complexity index is 651. The van der Waals surface area contributed by atoms with Gasteiger partial charge in [-0.05, 0) is 28.5 Å². The number of benzene rings is 2. The third-order valence-electron chi connectivity index (χ3n) is 3.13. The van der Waals surface area contributed by atoms with Crippen molar-refractivity contribution in [3.63, 3.8) is 0 Å². The van der Waals surface area contributed by atoms with Crippen LogP contribution in [0.15, 0.2) is 46.2 Å². The van der Waals surface area contributed by atoms with Gasteiger partial charge < -0.3 is 4.74 Å². The van der Waals surface area contributed by atoms with Crippen molar-refractivity contribution in [2.24, 2.45) is 5.14 Å². The van der Waals surface area contributed by atoms with Crippen molar-refractivity contribution >= 4 is 34.4 Å². The quantitative estimate of drug-likeness (QED) is 0.658. The fourth-order valence-corrected chi connectivity index (χ4v) is 3.74. The first-order valence-corrected chi connectivity index (χ1v) is 7.05. The van der Waals surface area contributed by atoms with Crippen LogP contribution in [0.2, 0.25) is 0 Å². The standard InChI is InChI=1S/C14H13NO2S/c15-18-11(8-17-9-16)7-13-12-4-2-1-3-10(12)5-6-14(13)18/h1-7,9,18H,8,15H2. The van der Waals surface area contributed by atoms with Gasteiger partial charge in [-0.3, -0.25) is 9.93 Å². The van der Waals surface area contributed by atoms with Crippen molar-refractivity contribution in [3.8, 4) is 0 Å². The van der Waals surface area contributed by atoms with Crippen molar-refractivity contribution in [2.75, 3.05) is 6.61 Å². The van der Waals surface area contributed by atoms with Gasteiger partial charge in [0.15, 0.2) is 0 Å². The van der Waals surface area contributed by atoms with Crippen LogP contribution < -0.4 is 5.14 Å². The van der Waals surface area contributed by atoms with Crippen molar-refractivity contribution in [2.45, 2.75) is 4.90 Å². The van der Waals surface area contributed by atoms with E-state index in [2.05, 4.69) is 30.3 Å². The molecule has 0 saturated heterocycles. The van der Waals surface area contributed by atoms with Gasteiger partial charge in [0.2, 0.25) is 0 Å².